The van der Waals surface area contributed by atoms with Crippen molar-refractivity contribution >= 4 is 5.91 Å². The molecule has 2 atom stereocenters. The van der Waals surface area contributed by atoms with Crippen LogP contribution in [-0.4, -0.2) is 38.8 Å². The summed E-state index contributed by atoms with van der Waals surface area (Å²) in [5, 5.41) is 19.8. The van der Waals surface area contributed by atoms with Crippen LogP contribution in [0.15, 0.2) is 0 Å². The van der Waals surface area contributed by atoms with Crippen LogP contribution in [0.25, 0.3) is 0 Å². The van der Waals surface area contributed by atoms with E-state index in [1.165, 1.54) is 0 Å². The summed E-state index contributed by atoms with van der Waals surface area (Å²) in [6.45, 7) is 4.68. The molecule has 0 radical (unpaired) electrons. The second-order valence-corrected chi connectivity index (χ2v) is 6.51. The normalized spacial score (nSPS) is 23.2. The molecule has 0 aromatic carbocycles. The maximum absolute atomic E-state index is 12.1. The number of nitrogens with one attached hydrogen (secondary N) is 2. The first-order chi connectivity index (χ1) is 10.5. The third kappa shape index (κ3) is 3.12. The van der Waals surface area contributed by atoms with E-state index in [4.69, 9.17) is 0 Å². The Morgan fingerprint density at radius 1 is 1.50 bits per heavy atom. The van der Waals surface area contributed by atoms with E-state index in [0.29, 0.717) is 5.92 Å². The predicted octanol–water partition coefficient (Wildman–Crippen LogP) is 0.299. The minimum Gasteiger partial charge on any atom is -0.337 e. The highest BCUT2D eigenvalue weighted by molar-refractivity contribution is 5.79. The van der Waals surface area contributed by atoms with Gasteiger partial charge in [-0.15, -0.1) is 0 Å². The van der Waals surface area contributed by atoms with Gasteiger partial charge in [0.1, 0.15) is 17.2 Å². The zero-order chi connectivity index (χ0) is 15.7. The second-order valence-electron chi connectivity index (χ2n) is 6.51. The smallest absolute Gasteiger partial charge is 0.235 e. The zero-order valence-electron chi connectivity index (χ0n) is 13.1. The molecule has 2 aliphatic rings. The molecule has 1 aromatic heterocycles. The highest BCUT2D eigenvalue weighted by Gasteiger charge is 2.42. The highest BCUT2D eigenvalue weighted by Crippen LogP contribution is 2.39. The fraction of sp³-hybridized carbons (Fsp3) is 0.733. The number of aryl methyl sites for hydroxylation is 2. The number of carbonyl (C=O) groups is 1. The first kappa shape index (κ1) is 15.0. The van der Waals surface area contributed by atoms with Crippen LogP contribution < -0.4 is 10.6 Å². The van der Waals surface area contributed by atoms with Gasteiger partial charge < -0.3 is 10.6 Å². The van der Waals surface area contributed by atoms with Gasteiger partial charge in [0.05, 0.1) is 19.2 Å². The van der Waals surface area contributed by atoms with Gasteiger partial charge in [0.25, 0.3) is 0 Å². The molecule has 0 spiro atoms. The van der Waals surface area contributed by atoms with Crippen LogP contribution in [0.5, 0.6) is 0 Å². The van der Waals surface area contributed by atoms with E-state index in [-0.39, 0.29) is 18.5 Å². The molecule has 2 N–H and O–H groups in total. The molecule has 3 rings (SSSR count). The van der Waals surface area contributed by atoms with Gasteiger partial charge in [-0.25, -0.2) is 9.67 Å². The topological polar surface area (TPSA) is 95.6 Å². The molecule has 22 heavy (non-hydrogen) atoms. The van der Waals surface area contributed by atoms with Crippen molar-refractivity contribution in [3.63, 3.8) is 0 Å². The van der Waals surface area contributed by atoms with E-state index in [1.807, 2.05) is 18.5 Å². The van der Waals surface area contributed by atoms with Gasteiger partial charge in [0.2, 0.25) is 5.91 Å². The van der Waals surface area contributed by atoms with Crippen molar-refractivity contribution in [3.05, 3.63) is 11.6 Å². The van der Waals surface area contributed by atoms with Crippen molar-refractivity contribution in [2.24, 2.45) is 5.92 Å². The second kappa shape index (κ2) is 5.69. The average molecular weight is 302 g/mol. The summed E-state index contributed by atoms with van der Waals surface area (Å²) in [7, 11) is 0. The Kier molecular flexibility index (Phi) is 3.87. The van der Waals surface area contributed by atoms with Gasteiger partial charge >= 0.3 is 0 Å². The lowest BCUT2D eigenvalue weighted by molar-refractivity contribution is -0.121. The molecule has 0 saturated heterocycles. The van der Waals surface area contributed by atoms with Crippen LogP contribution in [0.4, 0.5) is 0 Å². The molecule has 118 valence electrons. The highest BCUT2D eigenvalue weighted by atomic mass is 16.2. The Bertz CT molecular complexity index is 614. The summed E-state index contributed by atoms with van der Waals surface area (Å²) in [6.07, 6.45) is 3.87. The van der Waals surface area contributed by atoms with Gasteiger partial charge in [-0.2, -0.15) is 10.4 Å². The van der Waals surface area contributed by atoms with Gasteiger partial charge in [0, 0.05) is 12.5 Å². The van der Waals surface area contributed by atoms with Crippen molar-refractivity contribution in [1.29, 1.82) is 5.26 Å². The maximum atomic E-state index is 12.1. The lowest BCUT2D eigenvalue weighted by Crippen LogP contribution is -2.51. The Hall–Kier alpha value is -1.94. The standard InChI is InChI=1S/C15H22N6O/c1-10-18-13-6-5-12(8-21(13)20-10)17-7-14(22)19-15(2,9-16)11-3-4-11/h11-12,17H,3-8H2,1-2H3,(H,19,22)/t12-,15-/m1/s1. The van der Waals surface area contributed by atoms with Gasteiger partial charge in [0.15, 0.2) is 0 Å². The first-order valence-electron chi connectivity index (χ1n) is 7.86. The molecule has 1 amide bonds. The SMILES string of the molecule is Cc1nc2n(n1)C[C@H](NCC(=O)N[C@](C)(C#N)C1CC1)CC2. The third-order valence-corrected chi connectivity index (χ3v) is 4.54. The number of rotatable bonds is 5. The molecule has 1 saturated carbocycles. The van der Waals surface area contributed by atoms with Crippen LogP contribution >= 0.6 is 0 Å². The van der Waals surface area contributed by atoms with E-state index in [1.54, 1.807) is 0 Å². The molecule has 2 heterocycles. The zero-order valence-corrected chi connectivity index (χ0v) is 13.1. The van der Waals surface area contributed by atoms with E-state index in [2.05, 4.69) is 26.8 Å². The Morgan fingerprint density at radius 3 is 2.95 bits per heavy atom. The van der Waals surface area contributed by atoms with Gasteiger partial charge in [-0.1, -0.05) is 0 Å². The molecule has 7 heteroatoms. The number of carbonyl (C=O) groups excluding carboxylic acids is 1. The Labute approximate surface area is 130 Å². The van der Waals surface area contributed by atoms with Crippen LogP contribution in [0.3, 0.4) is 0 Å². The van der Waals surface area contributed by atoms with E-state index >= 15 is 0 Å². The monoisotopic (exact) mass is 302 g/mol. The number of nitriles is 1. The largest absolute Gasteiger partial charge is 0.337 e. The van der Waals surface area contributed by atoms with Crippen molar-refractivity contribution in [1.82, 2.24) is 25.4 Å². The minimum atomic E-state index is -0.721. The number of amides is 1. The summed E-state index contributed by atoms with van der Waals surface area (Å²) >= 11 is 0. The van der Waals surface area contributed by atoms with Crippen LogP contribution in [0, 0.1) is 24.2 Å². The number of hydrogen-bond donors (Lipinski definition) is 2. The molecule has 7 nitrogen and oxygen atoms in total. The molecule has 1 fully saturated rings. The van der Waals surface area contributed by atoms with Crippen molar-refractivity contribution < 1.29 is 4.79 Å². The average Bonchev–Trinajstić information content (AvgIpc) is 3.27. The number of aromatic nitrogens is 3. The number of fused-ring (bicyclic) bond motifs is 1. The molecule has 1 aliphatic carbocycles. The molecule has 0 bridgehead atoms. The number of hydrogen-bond acceptors (Lipinski definition) is 5. The number of nitrogens with zero attached hydrogens (tertiary/aromatic N) is 4. The third-order valence-electron chi connectivity index (χ3n) is 4.54. The Morgan fingerprint density at radius 2 is 2.27 bits per heavy atom. The summed E-state index contributed by atoms with van der Waals surface area (Å²) in [5.41, 5.74) is -0.721. The van der Waals surface area contributed by atoms with Gasteiger partial charge in [-0.3, -0.25) is 4.79 Å². The van der Waals surface area contributed by atoms with Crippen molar-refractivity contribution in [2.75, 3.05) is 6.54 Å². The maximum Gasteiger partial charge on any atom is 0.235 e. The van der Waals surface area contributed by atoms with Crippen molar-refractivity contribution in [2.45, 2.75) is 57.7 Å². The molecule has 1 aromatic rings. The van der Waals surface area contributed by atoms with Crippen molar-refractivity contribution in [3.8, 4) is 6.07 Å². The van der Waals surface area contributed by atoms with Gasteiger partial charge in [-0.05, 0) is 39.0 Å². The van der Waals surface area contributed by atoms with E-state index < -0.39 is 5.54 Å². The first-order valence-corrected chi connectivity index (χ1v) is 7.86. The minimum absolute atomic E-state index is 0.114. The molecule has 1 aliphatic heterocycles. The van der Waals surface area contributed by atoms with Crippen LogP contribution in [-0.2, 0) is 17.8 Å². The quantitative estimate of drug-likeness (QED) is 0.815. The fourth-order valence-corrected chi connectivity index (χ4v) is 3.05. The summed E-state index contributed by atoms with van der Waals surface area (Å²) in [4.78, 5) is 16.5. The summed E-state index contributed by atoms with van der Waals surface area (Å²) < 4.78 is 1.91. The van der Waals surface area contributed by atoms with E-state index in [0.717, 1.165) is 43.9 Å². The summed E-state index contributed by atoms with van der Waals surface area (Å²) in [5.74, 6) is 2.00. The molecular formula is C15H22N6O. The van der Waals surface area contributed by atoms with Crippen LogP contribution in [0.2, 0.25) is 0 Å². The molecule has 0 unspecified atom stereocenters. The Balaban J connectivity index is 1.49. The fourth-order valence-electron chi connectivity index (χ4n) is 3.05. The lowest BCUT2D eigenvalue weighted by atomic mass is 9.98. The van der Waals surface area contributed by atoms with Crippen LogP contribution in [0.1, 0.15) is 37.8 Å². The predicted molar refractivity (Wildman–Crippen MR) is 79.8 cm³/mol. The summed E-state index contributed by atoms with van der Waals surface area (Å²) in [6, 6.07) is 2.46. The lowest BCUT2D eigenvalue weighted by Gasteiger charge is -2.26. The molecular weight excluding hydrogens is 280 g/mol. The van der Waals surface area contributed by atoms with E-state index in [9.17, 15) is 10.1 Å².